The summed E-state index contributed by atoms with van der Waals surface area (Å²) in [5, 5.41) is 5.61. The Morgan fingerprint density at radius 1 is 1.30 bits per heavy atom. The fraction of sp³-hybridized carbons (Fsp3) is 0.533. The van der Waals surface area contributed by atoms with Crippen molar-refractivity contribution in [3.05, 3.63) is 24.3 Å². The van der Waals surface area contributed by atoms with E-state index in [0.29, 0.717) is 12.5 Å². The molecule has 20 heavy (non-hydrogen) atoms. The normalized spacial score (nSPS) is 15.8. The van der Waals surface area contributed by atoms with Gasteiger partial charge < -0.3 is 20.1 Å². The number of nitrogens with one attached hydrogen (secondary N) is 2. The third-order valence-electron chi connectivity index (χ3n) is 3.30. The van der Waals surface area contributed by atoms with Crippen LogP contribution in [0, 0.1) is 5.92 Å². The second kappa shape index (κ2) is 7.87. The minimum Gasteiger partial charge on any atom is -0.493 e. The zero-order valence-electron chi connectivity index (χ0n) is 11.9. The van der Waals surface area contributed by atoms with E-state index in [1.54, 1.807) is 7.05 Å². The molecule has 1 heterocycles. The number of likely N-dealkylation sites (N-methyl/N-ethyl adjacent to an activating group) is 1. The van der Waals surface area contributed by atoms with E-state index in [4.69, 9.17) is 9.47 Å². The van der Waals surface area contributed by atoms with Gasteiger partial charge in [-0.1, -0.05) is 0 Å². The highest BCUT2D eigenvalue weighted by atomic mass is 16.5. The molecule has 0 aliphatic carbocycles. The van der Waals surface area contributed by atoms with Crippen LogP contribution in [0.3, 0.4) is 0 Å². The summed E-state index contributed by atoms with van der Waals surface area (Å²) in [4.78, 5) is 11.4. The molecule has 1 aliphatic heterocycles. The van der Waals surface area contributed by atoms with Crippen molar-refractivity contribution in [2.45, 2.75) is 12.8 Å². The Labute approximate surface area is 119 Å². The standard InChI is InChI=1S/C15H22N2O3/c1-16-10-15(18)17-13-2-4-14(5-3-13)20-11-12-6-8-19-9-7-12/h2-5,12,16H,6-11H2,1H3,(H,17,18). The first kappa shape index (κ1) is 14.8. The van der Waals surface area contributed by atoms with Crippen LogP contribution in [-0.4, -0.2) is 39.3 Å². The van der Waals surface area contributed by atoms with Gasteiger partial charge in [0.05, 0.1) is 13.2 Å². The van der Waals surface area contributed by atoms with Crippen LogP contribution in [-0.2, 0) is 9.53 Å². The lowest BCUT2D eigenvalue weighted by Gasteiger charge is -2.22. The van der Waals surface area contributed by atoms with Crippen molar-refractivity contribution in [3.8, 4) is 5.75 Å². The highest BCUT2D eigenvalue weighted by molar-refractivity contribution is 5.92. The predicted octanol–water partition coefficient (Wildman–Crippen LogP) is 1.65. The minimum atomic E-state index is -0.0524. The lowest BCUT2D eigenvalue weighted by atomic mass is 10.0. The van der Waals surface area contributed by atoms with Gasteiger partial charge in [0, 0.05) is 18.9 Å². The monoisotopic (exact) mass is 278 g/mol. The number of carbonyl (C=O) groups is 1. The van der Waals surface area contributed by atoms with Gasteiger partial charge in [0.1, 0.15) is 5.75 Å². The molecule has 0 atom stereocenters. The number of amides is 1. The van der Waals surface area contributed by atoms with E-state index < -0.39 is 0 Å². The quantitative estimate of drug-likeness (QED) is 0.830. The van der Waals surface area contributed by atoms with Crippen LogP contribution >= 0.6 is 0 Å². The molecule has 1 aromatic carbocycles. The van der Waals surface area contributed by atoms with Crippen molar-refractivity contribution in [2.24, 2.45) is 5.92 Å². The highest BCUT2D eigenvalue weighted by Gasteiger charge is 2.14. The predicted molar refractivity (Wildman–Crippen MR) is 78.0 cm³/mol. The number of rotatable bonds is 6. The molecule has 1 aromatic rings. The first-order valence-corrected chi connectivity index (χ1v) is 7.03. The second-order valence-electron chi connectivity index (χ2n) is 4.97. The summed E-state index contributed by atoms with van der Waals surface area (Å²) in [5.41, 5.74) is 0.781. The Balaban J connectivity index is 1.77. The van der Waals surface area contributed by atoms with Crippen LogP contribution in [0.5, 0.6) is 5.75 Å². The maximum absolute atomic E-state index is 11.4. The molecule has 0 unspecified atom stereocenters. The molecular weight excluding hydrogens is 256 g/mol. The summed E-state index contributed by atoms with van der Waals surface area (Å²) in [5.74, 6) is 1.37. The summed E-state index contributed by atoms with van der Waals surface area (Å²) in [6.45, 7) is 2.71. The maximum Gasteiger partial charge on any atom is 0.238 e. The van der Waals surface area contributed by atoms with Crippen LogP contribution in [0.25, 0.3) is 0 Å². The van der Waals surface area contributed by atoms with Gasteiger partial charge in [-0.3, -0.25) is 4.79 Å². The Kier molecular flexibility index (Phi) is 5.83. The SMILES string of the molecule is CNCC(=O)Nc1ccc(OCC2CCOCC2)cc1. The zero-order valence-corrected chi connectivity index (χ0v) is 11.9. The molecule has 2 rings (SSSR count). The van der Waals surface area contributed by atoms with Crippen LogP contribution in [0.15, 0.2) is 24.3 Å². The fourth-order valence-corrected chi connectivity index (χ4v) is 2.13. The van der Waals surface area contributed by atoms with Gasteiger partial charge >= 0.3 is 0 Å². The van der Waals surface area contributed by atoms with Crippen LogP contribution in [0.2, 0.25) is 0 Å². The summed E-state index contributed by atoms with van der Waals surface area (Å²) >= 11 is 0. The molecule has 110 valence electrons. The average molecular weight is 278 g/mol. The Hall–Kier alpha value is -1.59. The van der Waals surface area contributed by atoms with Gasteiger partial charge in [0.15, 0.2) is 0 Å². The van der Waals surface area contributed by atoms with Crippen molar-refractivity contribution >= 4 is 11.6 Å². The number of anilines is 1. The molecule has 0 aromatic heterocycles. The van der Waals surface area contributed by atoms with Crippen molar-refractivity contribution in [1.82, 2.24) is 5.32 Å². The van der Waals surface area contributed by atoms with Gasteiger partial charge in [0.2, 0.25) is 5.91 Å². The largest absolute Gasteiger partial charge is 0.493 e. The molecule has 1 saturated heterocycles. The first-order chi connectivity index (χ1) is 9.78. The van der Waals surface area contributed by atoms with Crippen LogP contribution < -0.4 is 15.4 Å². The van der Waals surface area contributed by atoms with Crippen molar-refractivity contribution in [3.63, 3.8) is 0 Å². The van der Waals surface area contributed by atoms with E-state index in [0.717, 1.165) is 44.1 Å². The molecule has 2 N–H and O–H groups in total. The Morgan fingerprint density at radius 2 is 2.00 bits per heavy atom. The summed E-state index contributed by atoms with van der Waals surface area (Å²) < 4.78 is 11.1. The van der Waals surface area contributed by atoms with E-state index in [1.165, 1.54) is 0 Å². The number of hydrogen-bond donors (Lipinski definition) is 2. The minimum absolute atomic E-state index is 0.0524. The Morgan fingerprint density at radius 3 is 2.65 bits per heavy atom. The zero-order chi connectivity index (χ0) is 14.2. The van der Waals surface area contributed by atoms with Gasteiger partial charge in [-0.2, -0.15) is 0 Å². The van der Waals surface area contributed by atoms with E-state index in [-0.39, 0.29) is 5.91 Å². The molecule has 1 aliphatic rings. The fourth-order valence-electron chi connectivity index (χ4n) is 2.13. The second-order valence-corrected chi connectivity index (χ2v) is 4.97. The van der Waals surface area contributed by atoms with E-state index in [1.807, 2.05) is 24.3 Å². The summed E-state index contributed by atoms with van der Waals surface area (Å²) in [6.07, 6.45) is 2.14. The van der Waals surface area contributed by atoms with E-state index in [9.17, 15) is 4.79 Å². The molecule has 0 saturated carbocycles. The number of benzene rings is 1. The summed E-state index contributed by atoms with van der Waals surface area (Å²) in [6, 6.07) is 7.47. The molecule has 1 amide bonds. The van der Waals surface area contributed by atoms with Gasteiger partial charge in [-0.25, -0.2) is 0 Å². The third-order valence-corrected chi connectivity index (χ3v) is 3.30. The third kappa shape index (κ3) is 4.83. The van der Waals surface area contributed by atoms with Crippen molar-refractivity contribution in [1.29, 1.82) is 0 Å². The number of hydrogen-bond acceptors (Lipinski definition) is 4. The van der Waals surface area contributed by atoms with Gasteiger partial charge in [-0.15, -0.1) is 0 Å². The van der Waals surface area contributed by atoms with E-state index in [2.05, 4.69) is 10.6 Å². The smallest absolute Gasteiger partial charge is 0.238 e. The van der Waals surface area contributed by atoms with Crippen LogP contribution in [0.1, 0.15) is 12.8 Å². The average Bonchev–Trinajstić information content (AvgIpc) is 2.48. The first-order valence-electron chi connectivity index (χ1n) is 7.03. The highest BCUT2D eigenvalue weighted by Crippen LogP contribution is 2.19. The molecule has 5 heteroatoms. The maximum atomic E-state index is 11.4. The lowest BCUT2D eigenvalue weighted by Crippen LogP contribution is -2.25. The summed E-state index contributed by atoms with van der Waals surface area (Å²) in [7, 11) is 1.74. The van der Waals surface area contributed by atoms with Crippen molar-refractivity contribution < 1.29 is 14.3 Å². The molecule has 0 bridgehead atoms. The van der Waals surface area contributed by atoms with E-state index >= 15 is 0 Å². The number of carbonyl (C=O) groups excluding carboxylic acids is 1. The molecule has 0 spiro atoms. The molecule has 5 nitrogen and oxygen atoms in total. The number of ether oxygens (including phenoxy) is 2. The topological polar surface area (TPSA) is 59.6 Å². The van der Waals surface area contributed by atoms with Crippen molar-refractivity contribution in [2.75, 3.05) is 38.7 Å². The molecule has 1 fully saturated rings. The lowest BCUT2D eigenvalue weighted by molar-refractivity contribution is -0.115. The Bertz CT molecular complexity index is 414. The molecule has 0 radical (unpaired) electrons. The van der Waals surface area contributed by atoms with Crippen LogP contribution in [0.4, 0.5) is 5.69 Å². The van der Waals surface area contributed by atoms with Gasteiger partial charge in [-0.05, 0) is 50.1 Å². The molecular formula is C15H22N2O3. The van der Waals surface area contributed by atoms with Gasteiger partial charge in [0.25, 0.3) is 0 Å².